The Morgan fingerprint density at radius 1 is 1.04 bits per heavy atom. The quantitative estimate of drug-likeness (QED) is 0.779. The van der Waals surface area contributed by atoms with Gasteiger partial charge in [-0.15, -0.1) is 11.8 Å². The lowest BCUT2D eigenvalue weighted by molar-refractivity contribution is -0.115. The first-order chi connectivity index (χ1) is 11.0. The number of rotatable bonds is 7. The van der Waals surface area contributed by atoms with Crippen molar-refractivity contribution in [2.45, 2.75) is 17.1 Å². The molecule has 0 saturated heterocycles. The van der Waals surface area contributed by atoms with Gasteiger partial charge in [-0.1, -0.05) is 30.3 Å². The SMILES string of the molecule is CSc1ccc(NC(=O)CCS(=O)(=O)Cc2ccccc2)cc1. The Morgan fingerprint density at radius 2 is 1.70 bits per heavy atom. The first kappa shape index (κ1) is 17.6. The van der Waals surface area contributed by atoms with Crippen LogP contribution in [0, 0.1) is 0 Å². The van der Waals surface area contributed by atoms with Crippen LogP contribution in [0.3, 0.4) is 0 Å². The fraction of sp³-hybridized carbons (Fsp3) is 0.235. The molecule has 2 aromatic rings. The van der Waals surface area contributed by atoms with Crippen LogP contribution in [-0.2, 0) is 20.4 Å². The Kier molecular flexibility index (Phi) is 6.24. The summed E-state index contributed by atoms with van der Waals surface area (Å²) in [6.45, 7) is 0. The van der Waals surface area contributed by atoms with Gasteiger partial charge in [0, 0.05) is 17.0 Å². The molecule has 0 aliphatic carbocycles. The molecular weight excluding hydrogens is 330 g/mol. The molecule has 1 amide bonds. The molecule has 2 aromatic carbocycles. The number of amides is 1. The highest BCUT2D eigenvalue weighted by atomic mass is 32.2. The van der Waals surface area contributed by atoms with Gasteiger partial charge in [0.2, 0.25) is 5.91 Å². The molecule has 0 bridgehead atoms. The number of nitrogens with one attached hydrogen (secondary N) is 1. The van der Waals surface area contributed by atoms with Crippen LogP contribution in [-0.4, -0.2) is 26.3 Å². The summed E-state index contributed by atoms with van der Waals surface area (Å²) in [6, 6.07) is 16.4. The van der Waals surface area contributed by atoms with Gasteiger partial charge < -0.3 is 5.32 Å². The molecule has 0 saturated carbocycles. The van der Waals surface area contributed by atoms with Gasteiger partial charge >= 0.3 is 0 Å². The van der Waals surface area contributed by atoms with Gasteiger partial charge in [0.1, 0.15) is 0 Å². The molecule has 0 heterocycles. The van der Waals surface area contributed by atoms with Crippen LogP contribution in [0.2, 0.25) is 0 Å². The van der Waals surface area contributed by atoms with Gasteiger partial charge in [0.15, 0.2) is 9.84 Å². The Labute approximate surface area is 141 Å². The zero-order valence-electron chi connectivity index (χ0n) is 12.9. The summed E-state index contributed by atoms with van der Waals surface area (Å²) in [7, 11) is -3.30. The third-order valence-corrected chi connectivity index (χ3v) is 5.59. The summed E-state index contributed by atoms with van der Waals surface area (Å²) in [5, 5.41) is 2.72. The number of carbonyl (C=O) groups excluding carboxylic acids is 1. The number of carbonyl (C=O) groups is 1. The molecule has 0 radical (unpaired) electrons. The van der Waals surface area contributed by atoms with Gasteiger partial charge in [0.25, 0.3) is 0 Å². The topological polar surface area (TPSA) is 63.2 Å². The van der Waals surface area contributed by atoms with E-state index in [0.717, 1.165) is 10.5 Å². The molecule has 2 rings (SSSR count). The summed E-state index contributed by atoms with van der Waals surface area (Å²) in [5.74, 6) is -0.487. The van der Waals surface area contributed by atoms with E-state index < -0.39 is 9.84 Å². The summed E-state index contributed by atoms with van der Waals surface area (Å²) >= 11 is 1.62. The molecule has 0 fully saturated rings. The fourth-order valence-electron chi connectivity index (χ4n) is 2.05. The second-order valence-corrected chi connectivity index (χ2v) is 8.17. The lowest BCUT2D eigenvalue weighted by Gasteiger charge is -2.07. The lowest BCUT2D eigenvalue weighted by Crippen LogP contribution is -2.18. The standard InChI is InChI=1S/C17H19NO3S2/c1-22-16-9-7-15(8-10-16)18-17(19)11-12-23(20,21)13-14-5-3-2-4-6-14/h2-10H,11-13H2,1H3,(H,18,19). The first-order valence-electron chi connectivity index (χ1n) is 7.17. The maximum Gasteiger partial charge on any atom is 0.225 e. The van der Waals surface area contributed by atoms with Crippen LogP contribution in [0.5, 0.6) is 0 Å². The van der Waals surface area contributed by atoms with Crippen molar-refractivity contribution in [1.82, 2.24) is 0 Å². The third-order valence-electron chi connectivity index (χ3n) is 3.24. The van der Waals surface area contributed by atoms with Crippen LogP contribution in [0.15, 0.2) is 59.5 Å². The summed E-state index contributed by atoms with van der Waals surface area (Å²) < 4.78 is 24.1. The van der Waals surface area contributed by atoms with Crippen LogP contribution in [0.4, 0.5) is 5.69 Å². The first-order valence-corrected chi connectivity index (χ1v) is 10.2. The van der Waals surface area contributed by atoms with Crippen LogP contribution >= 0.6 is 11.8 Å². The minimum atomic E-state index is -3.30. The predicted octanol–water partition coefficient (Wildman–Crippen LogP) is 3.35. The monoisotopic (exact) mass is 349 g/mol. The normalized spacial score (nSPS) is 11.2. The van der Waals surface area contributed by atoms with E-state index in [4.69, 9.17) is 0 Å². The van der Waals surface area contributed by atoms with E-state index in [1.807, 2.05) is 36.6 Å². The summed E-state index contributed by atoms with van der Waals surface area (Å²) in [4.78, 5) is 13.0. The van der Waals surface area contributed by atoms with Crippen molar-refractivity contribution in [2.24, 2.45) is 0 Å². The Morgan fingerprint density at radius 3 is 2.30 bits per heavy atom. The van der Waals surface area contributed by atoms with Crippen LogP contribution in [0.1, 0.15) is 12.0 Å². The maximum atomic E-state index is 12.1. The molecule has 0 aliphatic rings. The highest BCUT2D eigenvalue weighted by Gasteiger charge is 2.14. The molecule has 0 spiro atoms. The zero-order valence-corrected chi connectivity index (χ0v) is 14.5. The van der Waals surface area contributed by atoms with Gasteiger partial charge in [0.05, 0.1) is 11.5 Å². The Hall–Kier alpha value is -1.79. The van der Waals surface area contributed by atoms with Crippen LogP contribution in [0.25, 0.3) is 0 Å². The molecule has 0 aliphatic heterocycles. The molecular formula is C17H19NO3S2. The molecule has 23 heavy (non-hydrogen) atoms. The number of benzene rings is 2. The fourth-order valence-corrected chi connectivity index (χ4v) is 3.80. The van der Waals surface area contributed by atoms with E-state index in [-0.39, 0.29) is 23.8 Å². The molecule has 0 unspecified atom stereocenters. The summed E-state index contributed by atoms with van der Waals surface area (Å²) in [5.41, 5.74) is 1.41. The van der Waals surface area contributed by atoms with Crippen LogP contribution < -0.4 is 5.32 Å². The van der Waals surface area contributed by atoms with Gasteiger partial charge in [-0.05, 0) is 36.1 Å². The van der Waals surface area contributed by atoms with Crippen molar-refractivity contribution in [3.63, 3.8) is 0 Å². The third kappa shape index (κ3) is 6.08. The number of sulfone groups is 1. The van der Waals surface area contributed by atoms with Crippen molar-refractivity contribution in [3.8, 4) is 0 Å². The highest BCUT2D eigenvalue weighted by Crippen LogP contribution is 2.17. The molecule has 6 heteroatoms. The van der Waals surface area contributed by atoms with Gasteiger partial charge in [-0.25, -0.2) is 8.42 Å². The second-order valence-electron chi connectivity index (χ2n) is 5.10. The Balaban J connectivity index is 1.85. The minimum Gasteiger partial charge on any atom is -0.326 e. The molecule has 4 nitrogen and oxygen atoms in total. The average Bonchev–Trinajstić information content (AvgIpc) is 2.54. The van der Waals surface area contributed by atoms with Gasteiger partial charge in [-0.3, -0.25) is 4.79 Å². The summed E-state index contributed by atoms with van der Waals surface area (Å²) in [6.07, 6.45) is 1.94. The maximum absolute atomic E-state index is 12.1. The van der Waals surface area contributed by atoms with Crippen molar-refractivity contribution in [3.05, 3.63) is 60.2 Å². The molecule has 0 aromatic heterocycles. The van der Waals surface area contributed by atoms with E-state index in [2.05, 4.69) is 5.32 Å². The second kappa shape index (κ2) is 8.17. The van der Waals surface area contributed by atoms with E-state index in [0.29, 0.717) is 5.69 Å². The smallest absolute Gasteiger partial charge is 0.225 e. The minimum absolute atomic E-state index is 0.0382. The molecule has 1 N–H and O–H groups in total. The predicted molar refractivity (Wildman–Crippen MR) is 95.4 cm³/mol. The van der Waals surface area contributed by atoms with Gasteiger partial charge in [-0.2, -0.15) is 0 Å². The largest absolute Gasteiger partial charge is 0.326 e. The van der Waals surface area contributed by atoms with Crippen molar-refractivity contribution >= 4 is 33.2 Å². The van der Waals surface area contributed by atoms with E-state index in [1.54, 1.807) is 36.0 Å². The highest BCUT2D eigenvalue weighted by molar-refractivity contribution is 7.98. The van der Waals surface area contributed by atoms with Crippen molar-refractivity contribution in [2.75, 3.05) is 17.3 Å². The van der Waals surface area contributed by atoms with E-state index in [1.165, 1.54) is 0 Å². The zero-order chi connectivity index (χ0) is 16.7. The Bertz CT molecular complexity index is 741. The van der Waals surface area contributed by atoms with E-state index >= 15 is 0 Å². The van der Waals surface area contributed by atoms with E-state index in [9.17, 15) is 13.2 Å². The lowest BCUT2D eigenvalue weighted by atomic mass is 10.2. The number of thioether (sulfide) groups is 1. The van der Waals surface area contributed by atoms with Crippen molar-refractivity contribution < 1.29 is 13.2 Å². The molecule has 0 atom stereocenters. The number of hydrogen-bond acceptors (Lipinski definition) is 4. The molecule has 122 valence electrons. The number of anilines is 1. The average molecular weight is 349 g/mol. The van der Waals surface area contributed by atoms with Crippen molar-refractivity contribution in [1.29, 1.82) is 0 Å². The number of hydrogen-bond donors (Lipinski definition) is 1.